The van der Waals surface area contributed by atoms with E-state index in [0.29, 0.717) is 12.5 Å². The van der Waals surface area contributed by atoms with Crippen molar-refractivity contribution in [2.75, 3.05) is 6.61 Å². The molecule has 1 aliphatic carbocycles. The van der Waals surface area contributed by atoms with Crippen LogP contribution in [0, 0.1) is 0 Å². The summed E-state index contributed by atoms with van der Waals surface area (Å²) < 4.78 is 37.2. The molecule has 1 saturated heterocycles. The van der Waals surface area contributed by atoms with Crippen LogP contribution in [-0.2, 0) is 14.3 Å². The molecule has 2 heterocycles. The molecule has 1 saturated carbocycles. The molecule has 1 amide bonds. The average molecular weight is 427 g/mol. The van der Waals surface area contributed by atoms with Crippen molar-refractivity contribution in [2.24, 2.45) is 0 Å². The summed E-state index contributed by atoms with van der Waals surface area (Å²) in [7, 11) is 0. The summed E-state index contributed by atoms with van der Waals surface area (Å²) in [5.41, 5.74) is 2.11. The highest BCUT2D eigenvalue weighted by molar-refractivity contribution is 5.81. The smallest absolute Gasteiger partial charge is 0.475 e. The first-order chi connectivity index (χ1) is 14.2. The molecular weight excluding hydrogens is 403 g/mol. The molecule has 2 fully saturated rings. The largest absolute Gasteiger partial charge is 0.490 e. The number of H-pyrrole nitrogens is 1. The molecule has 4 rings (SSSR count). The maximum atomic E-state index is 12.2. The monoisotopic (exact) mass is 427 g/mol. The lowest BCUT2D eigenvalue weighted by molar-refractivity contribution is -0.192. The van der Waals surface area contributed by atoms with E-state index >= 15 is 0 Å². The number of fused-ring (bicyclic) bond motifs is 1. The summed E-state index contributed by atoms with van der Waals surface area (Å²) in [5, 5.41) is 10.3. The maximum absolute atomic E-state index is 12.2. The van der Waals surface area contributed by atoms with Gasteiger partial charge >= 0.3 is 12.1 Å². The molecule has 10 heteroatoms. The molecule has 0 bridgehead atoms. The molecule has 2 aromatic rings. The summed E-state index contributed by atoms with van der Waals surface area (Å²) in [5.74, 6) is -1.24. The number of para-hydroxylation sites is 2. The Bertz CT molecular complexity index is 845. The summed E-state index contributed by atoms with van der Waals surface area (Å²) in [6.07, 6.45) is 0.787. The molecule has 3 N–H and O–H groups in total. The van der Waals surface area contributed by atoms with Crippen LogP contribution in [0.4, 0.5) is 13.2 Å². The van der Waals surface area contributed by atoms with Gasteiger partial charge in [0.2, 0.25) is 5.91 Å². The van der Waals surface area contributed by atoms with Crippen LogP contribution in [0.5, 0.6) is 0 Å². The number of rotatable bonds is 3. The van der Waals surface area contributed by atoms with Crippen LogP contribution in [0.15, 0.2) is 24.3 Å². The zero-order valence-corrected chi connectivity index (χ0v) is 16.2. The van der Waals surface area contributed by atoms with Crippen molar-refractivity contribution in [3.63, 3.8) is 0 Å². The number of carboxylic acids is 1. The Balaban J connectivity index is 0.000000318. The SMILES string of the molecule is O=C(NC1CCCC(c2nc3ccccc3[nH]2)C1)C1CCCO1.O=C(O)C(F)(F)F. The number of amides is 1. The third kappa shape index (κ3) is 5.71. The van der Waals surface area contributed by atoms with Gasteiger partial charge in [0, 0.05) is 18.6 Å². The normalized spacial score (nSPS) is 24.2. The highest BCUT2D eigenvalue weighted by Crippen LogP contribution is 2.32. The summed E-state index contributed by atoms with van der Waals surface area (Å²) >= 11 is 0. The van der Waals surface area contributed by atoms with E-state index in [0.717, 1.165) is 55.4 Å². The number of aliphatic carboxylic acids is 1. The number of carbonyl (C=O) groups excluding carboxylic acids is 1. The van der Waals surface area contributed by atoms with Gasteiger partial charge in [0.05, 0.1) is 11.0 Å². The summed E-state index contributed by atoms with van der Waals surface area (Å²) in [6.45, 7) is 0.713. The lowest BCUT2D eigenvalue weighted by atomic mass is 9.85. The minimum absolute atomic E-state index is 0.0674. The number of aromatic amines is 1. The second-order valence-electron chi connectivity index (χ2n) is 7.51. The Hall–Kier alpha value is -2.62. The van der Waals surface area contributed by atoms with Gasteiger partial charge < -0.3 is 20.1 Å². The fraction of sp³-hybridized carbons (Fsp3) is 0.550. The molecule has 30 heavy (non-hydrogen) atoms. The van der Waals surface area contributed by atoms with E-state index in [1.807, 2.05) is 18.2 Å². The number of nitrogens with one attached hydrogen (secondary N) is 2. The van der Waals surface area contributed by atoms with Gasteiger partial charge in [-0.15, -0.1) is 0 Å². The van der Waals surface area contributed by atoms with Gasteiger partial charge in [0.25, 0.3) is 0 Å². The zero-order valence-electron chi connectivity index (χ0n) is 16.2. The van der Waals surface area contributed by atoms with Crippen molar-refractivity contribution in [1.29, 1.82) is 0 Å². The second-order valence-corrected chi connectivity index (χ2v) is 7.51. The number of carbonyl (C=O) groups is 2. The lowest BCUT2D eigenvalue weighted by Gasteiger charge is -2.29. The minimum atomic E-state index is -5.08. The van der Waals surface area contributed by atoms with Gasteiger partial charge in [-0.05, 0) is 44.2 Å². The number of alkyl halides is 3. The quantitative estimate of drug-likeness (QED) is 0.695. The summed E-state index contributed by atoms with van der Waals surface area (Å²) in [6, 6.07) is 8.37. The van der Waals surface area contributed by atoms with Crippen LogP contribution in [0.3, 0.4) is 0 Å². The number of benzene rings is 1. The number of ether oxygens (including phenoxy) is 1. The average Bonchev–Trinajstić information content (AvgIpc) is 3.38. The number of imidazole rings is 1. The van der Waals surface area contributed by atoms with Crippen molar-refractivity contribution in [3.05, 3.63) is 30.1 Å². The lowest BCUT2D eigenvalue weighted by Crippen LogP contribution is -2.43. The van der Waals surface area contributed by atoms with Crippen molar-refractivity contribution in [2.45, 2.75) is 62.8 Å². The molecular formula is C20H24F3N3O4. The van der Waals surface area contributed by atoms with E-state index in [1.165, 1.54) is 0 Å². The number of aromatic nitrogens is 2. The first-order valence-electron chi connectivity index (χ1n) is 9.91. The Kier molecular flexibility index (Phi) is 6.96. The topological polar surface area (TPSA) is 104 Å². The Labute approximate surface area is 171 Å². The van der Waals surface area contributed by atoms with Gasteiger partial charge in [-0.3, -0.25) is 4.79 Å². The van der Waals surface area contributed by atoms with Gasteiger partial charge in [0.15, 0.2) is 0 Å². The minimum Gasteiger partial charge on any atom is -0.475 e. The molecule has 1 aromatic carbocycles. The third-order valence-corrected chi connectivity index (χ3v) is 5.28. The second kappa shape index (κ2) is 9.46. The maximum Gasteiger partial charge on any atom is 0.490 e. The first kappa shape index (κ1) is 22.1. The van der Waals surface area contributed by atoms with Gasteiger partial charge in [-0.1, -0.05) is 18.6 Å². The number of carboxylic acid groups (broad SMARTS) is 1. The number of hydrogen-bond donors (Lipinski definition) is 3. The van der Waals surface area contributed by atoms with Crippen LogP contribution in [0.1, 0.15) is 50.3 Å². The molecule has 3 unspecified atom stereocenters. The van der Waals surface area contributed by atoms with Crippen LogP contribution in [-0.4, -0.2) is 51.9 Å². The van der Waals surface area contributed by atoms with Crippen molar-refractivity contribution < 1.29 is 32.6 Å². The van der Waals surface area contributed by atoms with Crippen molar-refractivity contribution >= 4 is 22.9 Å². The van der Waals surface area contributed by atoms with E-state index in [9.17, 15) is 18.0 Å². The molecule has 2 aliphatic rings. The highest BCUT2D eigenvalue weighted by atomic mass is 19.4. The van der Waals surface area contributed by atoms with Gasteiger partial charge in [-0.2, -0.15) is 13.2 Å². The Morgan fingerprint density at radius 3 is 2.53 bits per heavy atom. The molecule has 0 radical (unpaired) electrons. The summed E-state index contributed by atoms with van der Waals surface area (Å²) in [4.78, 5) is 29.3. The van der Waals surface area contributed by atoms with E-state index in [2.05, 4.69) is 16.4 Å². The fourth-order valence-electron chi connectivity index (χ4n) is 3.81. The Morgan fingerprint density at radius 1 is 1.17 bits per heavy atom. The number of nitrogens with zero attached hydrogens (tertiary/aromatic N) is 1. The predicted molar refractivity (Wildman–Crippen MR) is 102 cm³/mol. The van der Waals surface area contributed by atoms with Crippen LogP contribution < -0.4 is 5.32 Å². The first-order valence-corrected chi connectivity index (χ1v) is 9.91. The van der Waals surface area contributed by atoms with Crippen molar-refractivity contribution in [3.8, 4) is 0 Å². The molecule has 0 spiro atoms. The standard InChI is InChI=1S/C18H23N3O2.C2HF3O2/c22-18(16-9-4-10-23-16)19-13-6-3-5-12(11-13)17-20-14-7-1-2-8-15(14)21-17;3-2(4,5)1(6)7/h1-2,7-8,12-13,16H,3-6,9-11H2,(H,19,22)(H,20,21);(H,6,7). The molecule has 1 aromatic heterocycles. The highest BCUT2D eigenvalue weighted by Gasteiger charge is 2.38. The van der Waals surface area contributed by atoms with E-state index in [1.54, 1.807) is 0 Å². The molecule has 164 valence electrons. The van der Waals surface area contributed by atoms with Crippen LogP contribution >= 0.6 is 0 Å². The van der Waals surface area contributed by atoms with Crippen LogP contribution in [0.2, 0.25) is 0 Å². The third-order valence-electron chi connectivity index (χ3n) is 5.28. The molecule has 3 atom stereocenters. The fourth-order valence-corrected chi connectivity index (χ4v) is 3.81. The van der Waals surface area contributed by atoms with Gasteiger partial charge in [-0.25, -0.2) is 9.78 Å². The zero-order chi connectivity index (χ0) is 21.7. The predicted octanol–water partition coefficient (Wildman–Crippen LogP) is 3.52. The van der Waals surface area contributed by atoms with E-state index < -0.39 is 12.1 Å². The number of halogens is 3. The van der Waals surface area contributed by atoms with E-state index in [-0.39, 0.29) is 18.1 Å². The van der Waals surface area contributed by atoms with Crippen molar-refractivity contribution in [1.82, 2.24) is 15.3 Å². The van der Waals surface area contributed by atoms with E-state index in [4.69, 9.17) is 19.6 Å². The molecule has 1 aliphatic heterocycles. The Morgan fingerprint density at radius 2 is 1.90 bits per heavy atom. The van der Waals surface area contributed by atoms with Crippen LogP contribution in [0.25, 0.3) is 11.0 Å². The number of hydrogen-bond acceptors (Lipinski definition) is 4. The van der Waals surface area contributed by atoms with Gasteiger partial charge in [0.1, 0.15) is 11.9 Å². The molecule has 7 nitrogen and oxygen atoms in total.